The van der Waals surface area contributed by atoms with Crippen molar-refractivity contribution in [3.8, 4) is 5.75 Å². The lowest BCUT2D eigenvalue weighted by molar-refractivity contribution is 0.0951. The number of carbonyl (C=O) groups is 2. The molecular weight excluding hydrogens is 340 g/mol. The zero-order valence-corrected chi connectivity index (χ0v) is 16.2. The lowest BCUT2D eigenvalue weighted by Gasteiger charge is -2.10. The van der Waals surface area contributed by atoms with Crippen molar-refractivity contribution >= 4 is 11.8 Å². The van der Waals surface area contributed by atoms with Crippen molar-refractivity contribution < 1.29 is 14.3 Å². The Morgan fingerprint density at radius 2 is 1.56 bits per heavy atom. The molecule has 144 valence electrons. The fraction of sp³-hybridized carbons (Fsp3) is 0.364. The molecule has 2 amide bonds. The van der Waals surface area contributed by atoms with E-state index >= 15 is 0 Å². The minimum atomic E-state index is -0.193. The molecule has 2 aromatic rings. The van der Waals surface area contributed by atoms with E-state index in [0.717, 1.165) is 17.7 Å². The summed E-state index contributed by atoms with van der Waals surface area (Å²) in [6.07, 6.45) is 1.60. The Bertz CT molecular complexity index is 772. The molecule has 5 nitrogen and oxygen atoms in total. The first-order chi connectivity index (χ1) is 13.0. The monoisotopic (exact) mass is 368 g/mol. The number of benzene rings is 2. The molecule has 27 heavy (non-hydrogen) atoms. The molecule has 0 spiro atoms. The second-order valence-electron chi connectivity index (χ2n) is 6.84. The largest absolute Gasteiger partial charge is 0.496 e. The van der Waals surface area contributed by atoms with Gasteiger partial charge in [0.25, 0.3) is 11.8 Å². The van der Waals surface area contributed by atoms with Crippen LogP contribution in [0.1, 0.15) is 46.5 Å². The molecule has 0 saturated heterocycles. The van der Waals surface area contributed by atoms with Crippen molar-refractivity contribution in [3.63, 3.8) is 0 Å². The van der Waals surface area contributed by atoms with Crippen LogP contribution >= 0.6 is 0 Å². The molecule has 0 fully saturated rings. The minimum Gasteiger partial charge on any atom is -0.496 e. The van der Waals surface area contributed by atoms with Gasteiger partial charge in [0.15, 0.2) is 0 Å². The third kappa shape index (κ3) is 6.44. The van der Waals surface area contributed by atoms with Crippen LogP contribution in [0.3, 0.4) is 0 Å². The first-order valence-corrected chi connectivity index (χ1v) is 9.29. The van der Waals surface area contributed by atoms with Crippen LogP contribution in [-0.2, 0) is 6.42 Å². The molecule has 0 bridgehead atoms. The number of methoxy groups -OCH3 is 1. The van der Waals surface area contributed by atoms with Crippen molar-refractivity contribution in [2.75, 3.05) is 20.2 Å². The molecule has 5 heteroatoms. The highest BCUT2D eigenvalue weighted by Gasteiger charge is 2.11. The lowest BCUT2D eigenvalue weighted by atomic mass is 10.1. The standard InChI is InChI=1S/C22H28N2O3/c1-16(2)11-13-23-21(25)18-8-6-9-19(15-18)22(26)24-14-12-17-7-4-5-10-20(17)27-3/h4-10,15-16H,11-14H2,1-3H3,(H,23,25)(H,24,26). The number of nitrogens with one attached hydrogen (secondary N) is 2. The molecule has 0 unspecified atom stereocenters. The number of carbonyl (C=O) groups excluding carboxylic acids is 2. The number of rotatable bonds is 9. The molecular formula is C22H28N2O3. The first-order valence-electron chi connectivity index (χ1n) is 9.29. The summed E-state index contributed by atoms with van der Waals surface area (Å²) in [6, 6.07) is 14.5. The van der Waals surface area contributed by atoms with Crippen molar-refractivity contribution in [2.24, 2.45) is 5.92 Å². The second-order valence-corrected chi connectivity index (χ2v) is 6.84. The Labute approximate surface area is 161 Å². The van der Waals surface area contributed by atoms with E-state index in [1.54, 1.807) is 31.4 Å². The van der Waals surface area contributed by atoms with E-state index in [4.69, 9.17) is 4.74 Å². The Morgan fingerprint density at radius 1 is 0.926 bits per heavy atom. The lowest BCUT2D eigenvalue weighted by Crippen LogP contribution is -2.27. The summed E-state index contributed by atoms with van der Waals surface area (Å²) in [7, 11) is 1.63. The van der Waals surface area contributed by atoms with Gasteiger partial charge in [-0.2, -0.15) is 0 Å². The van der Waals surface area contributed by atoms with E-state index < -0.39 is 0 Å². The summed E-state index contributed by atoms with van der Waals surface area (Å²) >= 11 is 0. The van der Waals surface area contributed by atoms with Gasteiger partial charge >= 0.3 is 0 Å². The summed E-state index contributed by atoms with van der Waals surface area (Å²) < 4.78 is 5.32. The second kappa shape index (κ2) is 10.4. The van der Waals surface area contributed by atoms with Crippen LogP contribution in [0.2, 0.25) is 0 Å². The van der Waals surface area contributed by atoms with Crippen LogP contribution in [0, 0.1) is 5.92 Å². The van der Waals surface area contributed by atoms with Crippen LogP contribution in [0.25, 0.3) is 0 Å². The van der Waals surface area contributed by atoms with E-state index in [1.807, 2.05) is 24.3 Å². The average Bonchev–Trinajstić information content (AvgIpc) is 2.68. The topological polar surface area (TPSA) is 67.4 Å². The molecule has 0 aliphatic heterocycles. The molecule has 0 aliphatic rings. The van der Waals surface area contributed by atoms with E-state index in [0.29, 0.717) is 36.6 Å². The van der Waals surface area contributed by atoms with Crippen LogP contribution in [0.5, 0.6) is 5.75 Å². The summed E-state index contributed by atoms with van der Waals surface area (Å²) in [6.45, 7) is 5.35. The Kier molecular flexibility index (Phi) is 7.86. The zero-order chi connectivity index (χ0) is 19.6. The smallest absolute Gasteiger partial charge is 0.251 e. The first kappa shape index (κ1) is 20.5. The molecule has 0 heterocycles. The maximum absolute atomic E-state index is 12.4. The number of ether oxygens (including phenoxy) is 1. The van der Waals surface area contributed by atoms with Gasteiger partial charge in [0.05, 0.1) is 7.11 Å². The molecule has 2 rings (SSSR count). The van der Waals surface area contributed by atoms with Gasteiger partial charge in [0.2, 0.25) is 0 Å². The number of amides is 2. The molecule has 2 N–H and O–H groups in total. The Hall–Kier alpha value is -2.82. The average molecular weight is 368 g/mol. The minimum absolute atomic E-state index is 0.153. The quantitative estimate of drug-likeness (QED) is 0.712. The van der Waals surface area contributed by atoms with Crippen LogP contribution < -0.4 is 15.4 Å². The summed E-state index contributed by atoms with van der Waals surface area (Å²) in [5.74, 6) is 0.999. The van der Waals surface area contributed by atoms with Crippen LogP contribution in [0.4, 0.5) is 0 Å². The maximum Gasteiger partial charge on any atom is 0.251 e. The van der Waals surface area contributed by atoms with Gasteiger partial charge in [-0.1, -0.05) is 38.1 Å². The van der Waals surface area contributed by atoms with Crippen molar-refractivity contribution in [3.05, 3.63) is 65.2 Å². The van der Waals surface area contributed by atoms with Crippen LogP contribution in [0.15, 0.2) is 48.5 Å². The molecule has 0 atom stereocenters. The normalized spacial score (nSPS) is 10.5. The summed E-state index contributed by atoms with van der Waals surface area (Å²) in [4.78, 5) is 24.6. The molecule has 0 saturated carbocycles. The van der Waals surface area contributed by atoms with Gasteiger partial charge in [-0.3, -0.25) is 9.59 Å². The van der Waals surface area contributed by atoms with Gasteiger partial charge < -0.3 is 15.4 Å². The summed E-state index contributed by atoms with van der Waals surface area (Å²) in [5, 5.41) is 5.79. The van der Waals surface area contributed by atoms with Crippen molar-refractivity contribution in [2.45, 2.75) is 26.7 Å². The van der Waals surface area contributed by atoms with Gasteiger partial charge in [-0.15, -0.1) is 0 Å². The highest BCUT2D eigenvalue weighted by atomic mass is 16.5. The van der Waals surface area contributed by atoms with E-state index in [9.17, 15) is 9.59 Å². The molecule has 0 aromatic heterocycles. The molecule has 2 aromatic carbocycles. The zero-order valence-electron chi connectivity index (χ0n) is 16.2. The van der Waals surface area contributed by atoms with Gasteiger partial charge in [-0.25, -0.2) is 0 Å². The predicted molar refractivity (Wildman–Crippen MR) is 107 cm³/mol. The van der Waals surface area contributed by atoms with E-state index in [2.05, 4.69) is 24.5 Å². The fourth-order valence-corrected chi connectivity index (χ4v) is 2.70. The fourth-order valence-electron chi connectivity index (χ4n) is 2.70. The van der Waals surface area contributed by atoms with Crippen LogP contribution in [-0.4, -0.2) is 32.0 Å². The van der Waals surface area contributed by atoms with E-state index in [1.165, 1.54) is 0 Å². The predicted octanol–water partition coefficient (Wildman–Crippen LogP) is 3.44. The number of para-hydroxylation sites is 1. The Morgan fingerprint density at radius 3 is 2.19 bits per heavy atom. The highest BCUT2D eigenvalue weighted by Crippen LogP contribution is 2.17. The third-order valence-corrected chi connectivity index (χ3v) is 4.27. The van der Waals surface area contributed by atoms with Gasteiger partial charge in [0.1, 0.15) is 5.75 Å². The third-order valence-electron chi connectivity index (χ3n) is 4.27. The SMILES string of the molecule is COc1ccccc1CCNC(=O)c1cccc(C(=O)NCCC(C)C)c1. The van der Waals surface area contributed by atoms with Gasteiger partial charge in [0, 0.05) is 24.2 Å². The Balaban J connectivity index is 1.90. The summed E-state index contributed by atoms with van der Waals surface area (Å²) in [5.41, 5.74) is 2.02. The van der Waals surface area contributed by atoms with Crippen molar-refractivity contribution in [1.29, 1.82) is 0 Å². The number of hydrogen-bond donors (Lipinski definition) is 2. The molecule has 0 aliphatic carbocycles. The van der Waals surface area contributed by atoms with Gasteiger partial charge in [-0.05, 0) is 48.6 Å². The van der Waals surface area contributed by atoms with Crippen molar-refractivity contribution in [1.82, 2.24) is 10.6 Å². The van der Waals surface area contributed by atoms with E-state index in [-0.39, 0.29) is 11.8 Å². The highest BCUT2D eigenvalue weighted by molar-refractivity contribution is 5.99. The molecule has 0 radical (unpaired) electrons. The maximum atomic E-state index is 12.4. The number of hydrogen-bond acceptors (Lipinski definition) is 3.